The average Bonchev–Trinajstić information content (AvgIpc) is 2.69. The first-order valence-electron chi connectivity index (χ1n) is 9.42. The predicted molar refractivity (Wildman–Crippen MR) is 119 cm³/mol. The molecule has 0 saturated heterocycles. The molecule has 3 nitrogen and oxygen atoms in total. The largest absolute Gasteiger partial charge is 0.355 e. The minimum atomic E-state index is -0.106. The number of allylic oxidation sites excluding steroid dienone is 1. The highest BCUT2D eigenvalue weighted by atomic mass is 16.1. The van der Waals surface area contributed by atoms with Gasteiger partial charge in [0.1, 0.15) is 0 Å². The van der Waals surface area contributed by atoms with E-state index in [1.165, 1.54) is 11.1 Å². The van der Waals surface area contributed by atoms with E-state index in [0.717, 1.165) is 28.2 Å². The first-order chi connectivity index (χ1) is 13.4. The van der Waals surface area contributed by atoms with Gasteiger partial charge < -0.3 is 10.6 Å². The topological polar surface area (TPSA) is 41.1 Å². The molecule has 142 valence electrons. The third-order valence-electron chi connectivity index (χ3n) is 4.62. The lowest BCUT2D eigenvalue weighted by molar-refractivity contribution is 0.102. The van der Waals surface area contributed by atoms with Crippen LogP contribution in [0.5, 0.6) is 0 Å². The summed E-state index contributed by atoms with van der Waals surface area (Å²) >= 11 is 0. The van der Waals surface area contributed by atoms with E-state index in [9.17, 15) is 4.79 Å². The maximum atomic E-state index is 12.4. The minimum absolute atomic E-state index is 0.106. The summed E-state index contributed by atoms with van der Waals surface area (Å²) in [6, 6.07) is 23.7. The molecule has 3 aromatic carbocycles. The van der Waals surface area contributed by atoms with Crippen molar-refractivity contribution in [3.8, 4) is 0 Å². The third kappa shape index (κ3) is 4.68. The van der Waals surface area contributed by atoms with Gasteiger partial charge in [-0.15, -0.1) is 0 Å². The van der Waals surface area contributed by atoms with Crippen molar-refractivity contribution in [2.24, 2.45) is 0 Å². The lowest BCUT2D eigenvalue weighted by Gasteiger charge is -2.17. The van der Waals surface area contributed by atoms with Crippen molar-refractivity contribution in [3.05, 3.63) is 101 Å². The Bertz CT molecular complexity index is 998. The quantitative estimate of drug-likeness (QED) is 0.544. The Morgan fingerprint density at radius 2 is 1.43 bits per heavy atom. The second kappa shape index (κ2) is 8.57. The SMILES string of the molecule is CC(C)=C(Nc1ccc(NC(=O)c2ccccc2)cc1C)c1ccc(C)cc1. The molecule has 3 aromatic rings. The molecule has 0 aromatic heterocycles. The monoisotopic (exact) mass is 370 g/mol. The van der Waals surface area contributed by atoms with Gasteiger partial charge in [-0.1, -0.05) is 53.6 Å². The summed E-state index contributed by atoms with van der Waals surface area (Å²) in [5.41, 5.74) is 8.23. The van der Waals surface area contributed by atoms with Crippen LogP contribution in [0.4, 0.5) is 11.4 Å². The van der Waals surface area contributed by atoms with Gasteiger partial charge in [0, 0.05) is 22.6 Å². The summed E-state index contributed by atoms with van der Waals surface area (Å²) in [7, 11) is 0. The van der Waals surface area contributed by atoms with Crippen molar-refractivity contribution in [3.63, 3.8) is 0 Å². The number of nitrogens with one attached hydrogen (secondary N) is 2. The number of benzene rings is 3. The molecule has 2 N–H and O–H groups in total. The summed E-state index contributed by atoms with van der Waals surface area (Å²) in [6.07, 6.45) is 0. The summed E-state index contributed by atoms with van der Waals surface area (Å²) in [4.78, 5) is 12.4. The normalized spacial score (nSPS) is 10.3. The van der Waals surface area contributed by atoms with Gasteiger partial charge >= 0.3 is 0 Å². The maximum Gasteiger partial charge on any atom is 0.255 e. The molecule has 1 amide bonds. The van der Waals surface area contributed by atoms with Crippen molar-refractivity contribution in [2.75, 3.05) is 10.6 Å². The van der Waals surface area contributed by atoms with Crippen LogP contribution in [-0.4, -0.2) is 5.91 Å². The average molecular weight is 370 g/mol. The zero-order chi connectivity index (χ0) is 20.1. The van der Waals surface area contributed by atoms with Gasteiger partial charge in [0.2, 0.25) is 0 Å². The third-order valence-corrected chi connectivity index (χ3v) is 4.62. The Kier molecular flexibility index (Phi) is 5.95. The van der Waals surface area contributed by atoms with E-state index in [1.807, 2.05) is 43.3 Å². The smallest absolute Gasteiger partial charge is 0.255 e. The molecule has 0 aliphatic heterocycles. The zero-order valence-electron chi connectivity index (χ0n) is 16.8. The molecule has 0 saturated carbocycles. The van der Waals surface area contributed by atoms with Crippen LogP contribution in [0.3, 0.4) is 0 Å². The van der Waals surface area contributed by atoms with E-state index in [2.05, 4.69) is 55.7 Å². The molecule has 0 aliphatic carbocycles. The summed E-state index contributed by atoms with van der Waals surface area (Å²) in [6.45, 7) is 8.34. The summed E-state index contributed by atoms with van der Waals surface area (Å²) in [5, 5.41) is 6.52. The van der Waals surface area contributed by atoms with E-state index in [0.29, 0.717) is 5.56 Å². The van der Waals surface area contributed by atoms with Crippen molar-refractivity contribution >= 4 is 23.0 Å². The summed E-state index contributed by atoms with van der Waals surface area (Å²) in [5.74, 6) is -0.106. The van der Waals surface area contributed by atoms with Crippen LogP contribution in [0, 0.1) is 13.8 Å². The van der Waals surface area contributed by atoms with Crippen LogP contribution < -0.4 is 10.6 Å². The van der Waals surface area contributed by atoms with E-state index in [4.69, 9.17) is 0 Å². The number of rotatable bonds is 5. The number of anilines is 2. The molecule has 0 aliphatic rings. The minimum Gasteiger partial charge on any atom is -0.355 e. The number of amides is 1. The second-order valence-electron chi connectivity index (χ2n) is 7.22. The second-order valence-corrected chi connectivity index (χ2v) is 7.22. The molecule has 0 fully saturated rings. The van der Waals surface area contributed by atoms with E-state index >= 15 is 0 Å². The highest BCUT2D eigenvalue weighted by molar-refractivity contribution is 6.04. The predicted octanol–water partition coefficient (Wildman–Crippen LogP) is 6.42. The molecule has 0 bridgehead atoms. The lowest BCUT2D eigenvalue weighted by Crippen LogP contribution is -2.12. The fourth-order valence-electron chi connectivity index (χ4n) is 3.02. The Morgan fingerprint density at radius 1 is 0.750 bits per heavy atom. The highest BCUT2D eigenvalue weighted by Gasteiger charge is 2.09. The molecular weight excluding hydrogens is 344 g/mol. The molecule has 0 heterocycles. The van der Waals surface area contributed by atoms with Crippen LogP contribution in [-0.2, 0) is 0 Å². The van der Waals surface area contributed by atoms with E-state index < -0.39 is 0 Å². The molecule has 0 spiro atoms. The Hall–Kier alpha value is -3.33. The fraction of sp³-hybridized carbons (Fsp3) is 0.160. The standard InChI is InChI=1S/C25H26N2O/c1-17(2)24(20-12-10-18(3)11-13-20)27-23-15-14-22(16-19(23)4)26-25(28)21-8-6-5-7-9-21/h5-16,27H,1-4H3,(H,26,28). The number of hydrogen-bond donors (Lipinski definition) is 2. The number of hydrogen-bond acceptors (Lipinski definition) is 2. The lowest BCUT2D eigenvalue weighted by atomic mass is 10.0. The van der Waals surface area contributed by atoms with Crippen LogP contribution >= 0.6 is 0 Å². The molecular formula is C25H26N2O. The molecule has 0 unspecified atom stereocenters. The van der Waals surface area contributed by atoms with E-state index in [-0.39, 0.29) is 5.91 Å². The molecule has 28 heavy (non-hydrogen) atoms. The van der Waals surface area contributed by atoms with Crippen molar-refractivity contribution in [2.45, 2.75) is 27.7 Å². The zero-order valence-corrected chi connectivity index (χ0v) is 16.8. The molecule has 0 radical (unpaired) electrons. The maximum absolute atomic E-state index is 12.4. The number of carbonyl (C=O) groups is 1. The van der Waals surface area contributed by atoms with Gasteiger partial charge in [-0.05, 0) is 69.2 Å². The van der Waals surface area contributed by atoms with Crippen molar-refractivity contribution < 1.29 is 4.79 Å². The van der Waals surface area contributed by atoms with Gasteiger partial charge in [0.15, 0.2) is 0 Å². The van der Waals surface area contributed by atoms with Gasteiger partial charge in [-0.25, -0.2) is 0 Å². The van der Waals surface area contributed by atoms with Crippen molar-refractivity contribution in [1.29, 1.82) is 0 Å². The molecule has 3 rings (SSSR count). The first kappa shape index (κ1) is 19.4. The van der Waals surface area contributed by atoms with Gasteiger partial charge in [0.25, 0.3) is 5.91 Å². The molecule has 3 heteroatoms. The van der Waals surface area contributed by atoms with Crippen LogP contribution in [0.15, 0.2) is 78.4 Å². The Balaban J connectivity index is 1.79. The summed E-state index contributed by atoms with van der Waals surface area (Å²) < 4.78 is 0. The Labute approximate surface area is 167 Å². The van der Waals surface area contributed by atoms with Gasteiger partial charge in [-0.2, -0.15) is 0 Å². The van der Waals surface area contributed by atoms with Crippen LogP contribution in [0.25, 0.3) is 5.70 Å². The number of aryl methyl sites for hydroxylation is 2. The highest BCUT2D eigenvalue weighted by Crippen LogP contribution is 2.26. The molecule has 0 atom stereocenters. The van der Waals surface area contributed by atoms with Gasteiger partial charge in [0.05, 0.1) is 0 Å². The van der Waals surface area contributed by atoms with Gasteiger partial charge in [-0.3, -0.25) is 4.79 Å². The van der Waals surface area contributed by atoms with Crippen LogP contribution in [0.1, 0.15) is 40.9 Å². The van der Waals surface area contributed by atoms with E-state index in [1.54, 1.807) is 12.1 Å². The fourth-order valence-corrected chi connectivity index (χ4v) is 3.02. The van der Waals surface area contributed by atoms with Crippen molar-refractivity contribution in [1.82, 2.24) is 0 Å². The van der Waals surface area contributed by atoms with Crippen LogP contribution in [0.2, 0.25) is 0 Å². The Morgan fingerprint density at radius 3 is 2.04 bits per heavy atom. The number of carbonyl (C=O) groups excluding carboxylic acids is 1. The first-order valence-corrected chi connectivity index (χ1v) is 9.42.